The molecule has 1 aliphatic rings. The maximum Gasteiger partial charge on any atom is 0.211 e. The highest BCUT2D eigenvalue weighted by atomic mass is 32.2. The van der Waals surface area contributed by atoms with E-state index in [1.807, 2.05) is 0 Å². The Hall–Kier alpha value is -0.140. The molecule has 84 valence electrons. The summed E-state index contributed by atoms with van der Waals surface area (Å²) in [4.78, 5) is 0. The highest BCUT2D eigenvalue weighted by Gasteiger charge is 2.35. The van der Waals surface area contributed by atoms with E-state index in [4.69, 9.17) is 0 Å². The molecule has 1 atom stereocenters. The van der Waals surface area contributed by atoms with Crippen LogP contribution in [-0.2, 0) is 19.9 Å². The molecule has 0 saturated carbocycles. The summed E-state index contributed by atoms with van der Waals surface area (Å²) in [5.74, 6) is 0.0671. The number of hydrogen-bond donors (Lipinski definition) is 0. The van der Waals surface area contributed by atoms with E-state index in [0.717, 1.165) is 6.26 Å². The summed E-state index contributed by atoms with van der Waals surface area (Å²) >= 11 is 0. The van der Waals surface area contributed by atoms with Crippen molar-refractivity contribution in [1.82, 2.24) is 4.31 Å². The molecule has 5 nitrogen and oxygen atoms in total. The molecule has 0 aliphatic carbocycles. The third kappa shape index (κ3) is 2.68. The van der Waals surface area contributed by atoms with Gasteiger partial charge in [-0.25, -0.2) is 16.8 Å². The summed E-state index contributed by atoms with van der Waals surface area (Å²) in [5.41, 5.74) is 0. The van der Waals surface area contributed by atoms with Crippen molar-refractivity contribution < 1.29 is 16.8 Å². The molecule has 0 radical (unpaired) electrons. The van der Waals surface area contributed by atoms with Crippen LogP contribution in [-0.4, -0.2) is 51.5 Å². The van der Waals surface area contributed by atoms with E-state index >= 15 is 0 Å². The van der Waals surface area contributed by atoms with Crippen LogP contribution in [0.5, 0.6) is 0 Å². The third-order valence-electron chi connectivity index (χ3n) is 2.35. The molecule has 1 fully saturated rings. The Labute approximate surface area is 85.1 Å². The van der Waals surface area contributed by atoms with Crippen molar-refractivity contribution in [3.63, 3.8) is 0 Å². The first-order valence-corrected chi connectivity index (χ1v) is 8.10. The minimum atomic E-state index is -3.28. The Morgan fingerprint density at radius 1 is 1.43 bits per heavy atom. The zero-order valence-corrected chi connectivity index (χ0v) is 9.94. The normalized spacial score (nSPS) is 26.9. The Kier molecular flexibility index (Phi) is 3.23. The molecule has 1 heterocycles. The molecule has 14 heavy (non-hydrogen) atoms. The predicted octanol–water partition coefficient (Wildman–Crippen LogP) is -0.545. The van der Waals surface area contributed by atoms with Crippen molar-refractivity contribution in [3.8, 4) is 0 Å². The molecule has 0 amide bonds. The van der Waals surface area contributed by atoms with Crippen LogP contribution in [0.25, 0.3) is 0 Å². The van der Waals surface area contributed by atoms with E-state index in [0.29, 0.717) is 13.0 Å². The fourth-order valence-corrected chi connectivity index (χ4v) is 4.78. The van der Waals surface area contributed by atoms with E-state index in [1.165, 1.54) is 4.31 Å². The summed E-state index contributed by atoms with van der Waals surface area (Å²) in [6.07, 6.45) is 1.53. The van der Waals surface area contributed by atoms with Gasteiger partial charge in [0, 0.05) is 12.6 Å². The predicted molar refractivity (Wildman–Crippen MR) is 54.3 cm³/mol. The molecule has 0 N–H and O–H groups in total. The summed E-state index contributed by atoms with van der Waals surface area (Å²) in [5, 5.41) is 0. The molecule has 0 unspecified atom stereocenters. The summed E-state index contributed by atoms with van der Waals surface area (Å²) in [6.45, 7) is 2.05. The standard InChI is InChI=1S/C7H15NO4S2/c1-3-8(13(2,9)10)7-4-5-14(11,12)6-7/h7H,3-6H2,1-2H3/t7-/m0/s1. The van der Waals surface area contributed by atoms with Gasteiger partial charge in [-0.2, -0.15) is 4.31 Å². The molecule has 1 rings (SSSR count). The lowest BCUT2D eigenvalue weighted by Gasteiger charge is -2.23. The molecule has 0 aromatic rings. The largest absolute Gasteiger partial charge is 0.229 e. The highest BCUT2D eigenvalue weighted by Crippen LogP contribution is 2.19. The van der Waals surface area contributed by atoms with Crippen LogP contribution >= 0.6 is 0 Å². The summed E-state index contributed by atoms with van der Waals surface area (Å²) < 4.78 is 46.2. The Morgan fingerprint density at radius 2 is 2.00 bits per heavy atom. The molecule has 1 saturated heterocycles. The second kappa shape index (κ2) is 3.79. The number of hydrogen-bond acceptors (Lipinski definition) is 4. The van der Waals surface area contributed by atoms with Crippen LogP contribution in [0.4, 0.5) is 0 Å². The van der Waals surface area contributed by atoms with Crippen molar-refractivity contribution in [1.29, 1.82) is 0 Å². The maximum absolute atomic E-state index is 11.3. The van der Waals surface area contributed by atoms with Crippen molar-refractivity contribution in [3.05, 3.63) is 0 Å². The Balaban J connectivity index is 2.85. The van der Waals surface area contributed by atoms with E-state index < -0.39 is 19.9 Å². The molecule has 0 bridgehead atoms. The first-order chi connectivity index (χ1) is 6.26. The van der Waals surface area contributed by atoms with Gasteiger partial charge in [0.2, 0.25) is 10.0 Å². The van der Waals surface area contributed by atoms with Crippen LogP contribution in [0.15, 0.2) is 0 Å². The second-order valence-electron chi connectivity index (χ2n) is 3.52. The topological polar surface area (TPSA) is 71.5 Å². The lowest BCUT2D eigenvalue weighted by molar-refractivity contribution is 0.357. The van der Waals surface area contributed by atoms with E-state index in [9.17, 15) is 16.8 Å². The Bertz CT molecular complexity index is 397. The monoisotopic (exact) mass is 241 g/mol. The molecule has 0 spiro atoms. The molecule has 0 aromatic carbocycles. The fraction of sp³-hybridized carbons (Fsp3) is 1.00. The minimum Gasteiger partial charge on any atom is -0.229 e. The quantitative estimate of drug-likeness (QED) is 0.665. The number of nitrogens with zero attached hydrogens (tertiary/aromatic N) is 1. The fourth-order valence-electron chi connectivity index (χ4n) is 1.77. The average Bonchev–Trinajstić information content (AvgIpc) is 2.29. The summed E-state index contributed by atoms with van der Waals surface area (Å²) in [7, 11) is -6.30. The van der Waals surface area contributed by atoms with Gasteiger partial charge in [0.1, 0.15) is 0 Å². The van der Waals surface area contributed by atoms with Crippen LogP contribution in [0.2, 0.25) is 0 Å². The third-order valence-corrected chi connectivity index (χ3v) is 5.51. The van der Waals surface area contributed by atoms with Gasteiger partial charge in [0.25, 0.3) is 0 Å². The lowest BCUT2D eigenvalue weighted by atomic mass is 10.3. The van der Waals surface area contributed by atoms with Gasteiger partial charge in [-0.05, 0) is 6.42 Å². The zero-order valence-electron chi connectivity index (χ0n) is 8.30. The van der Waals surface area contributed by atoms with E-state index in [2.05, 4.69) is 0 Å². The van der Waals surface area contributed by atoms with Crippen LogP contribution in [0, 0.1) is 0 Å². The van der Waals surface area contributed by atoms with Crippen molar-refractivity contribution in [2.75, 3.05) is 24.3 Å². The van der Waals surface area contributed by atoms with Gasteiger partial charge in [0.05, 0.1) is 17.8 Å². The van der Waals surface area contributed by atoms with Crippen LogP contribution < -0.4 is 0 Å². The molecule has 7 heteroatoms. The number of rotatable bonds is 3. The van der Waals surface area contributed by atoms with Gasteiger partial charge in [0.15, 0.2) is 9.84 Å². The summed E-state index contributed by atoms with van der Waals surface area (Å²) in [6, 6.07) is -0.361. The first-order valence-electron chi connectivity index (χ1n) is 4.43. The molecule has 1 aliphatic heterocycles. The van der Waals surface area contributed by atoms with Gasteiger partial charge < -0.3 is 0 Å². The van der Waals surface area contributed by atoms with Crippen molar-refractivity contribution in [2.45, 2.75) is 19.4 Å². The molecule has 0 aromatic heterocycles. The van der Waals surface area contributed by atoms with E-state index in [1.54, 1.807) is 6.92 Å². The van der Waals surface area contributed by atoms with Crippen LogP contribution in [0.3, 0.4) is 0 Å². The molecular weight excluding hydrogens is 226 g/mol. The maximum atomic E-state index is 11.3. The SMILES string of the molecule is CCN([C@H]1CCS(=O)(=O)C1)S(C)(=O)=O. The molecular formula is C7H15NO4S2. The van der Waals surface area contributed by atoms with Crippen LogP contribution in [0.1, 0.15) is 13.3 Å². The number of sulfonamides is 1. The first kappa shape index (κ1) is 11.9. The second-order valence-corrected chi connectivity index (χ2v) is 7.69. The zero-order chi connectivity index (χ0) is 11.0. The van der Waals surface area contributed by atoms with Gasteiger partial charge in [-0.1, -0.05) is 6.92 Å². The van der Waals surface area contributed by atoms with Gasteiger partial charge >= 0.3 is 0 Å². The number of sulfone groups is 1. The Morgan fingerprint density at radius 3 is 2.29 bits per heavy atom. The van der Waals surface area contributed by atoms with E-state index in [-0.39, 0.29) is 17.5 Å². The van der Waals surface area contributed by atoms with Crippen molar-refractivity contribution >= 4 is 19.9 Å². The minimum absolute atomic E-state index is 0.0338. The lowest BCUT2D eigenvalue weighted by Crippen LogP contribution is -2.40. The highest BCUT2D eigenvalue weighted by molar-refractivity contribution is 7.92. The van der Waals surface area contributed by atoms with Crippen molar-refractivity contribution in [2.24, 2.45) is 0 Å². The smallest absolute Gasteiger partial charge is 0.211 e. The van der Waals surface area contributed by atoms with Gasteiger partial charge in [-0.15, -0.1) is 0 Å². The van der Waals surface area contributed by atoms with Gasteiger partial charge in [-0.3, -0.25) is 0 Å². The average molecular weight is 241 g/mol.